The molecule has 4 aliphatic rings. The zero-order valence-corrected chi connectivity index (χ0v) is 13.1. The van der Waals surface area contributed by atoms with Gasteiger partial charge < -0.3 is 33.5 Å². The van der Waals surface area contributed by atoms with Crippen molar-refractivity contribution in [2.24, 2.45) is 0 Å². The minimum absolute atomic E-state index is 0.0000621. The first kappa shape index (κ1) is 15.3. The predicted octanol–water partition coefficient (Wildman–Crippen LogP) is 0.533. The van der Waals surface area contributed by atoms with Gasteiger partial charge in [-0.3, -0.25) is 0 Å². The molecule has 7 heteroatoms. The van der Waals surface area contributed by atoms with Crippen LogP contribution in [0.1, 0.15) is 33.1 Å². The van der Waals surface area contributed by atoms with Crippen LogP contribution in [0.3, 0.4) is 0 Å². The summed E-state index contributed by atoms with van der Waals surface area (Å²) in [6, 6.07) is 0. The van der Waals surface area contributed by atoms with Gasteiger partial charge in [0, 0.05) is 13.5 Å². The molecule has 0 spiro atoms. The lowest BCUT2D eigenvalue weighted by atomic mass is 9.98. The molecule has 22 heavy (non-hydrogen) atoms. The standard InChI is InChI=1S/C15H24O7/c1-15(2)21-9-6-7(18-13(9)22-15)4-5-8-10(16)11-12(20-11)14(17-3)19-8/h7-14,16H,4-6H2,1-3H3/t7-,8-,9-,10+,11+,12+,13-,14-/m1/s1. The van der Waals surface area contributed by atoms with E-state index in [4.69, 9.17) is 28.4 Å². The largest absolute Gasteiger partial charge is 0.388 e. The molecular weight excluding hydrogens is 292 g/mol. The van der Waals surface area contributed by atoms with E-state index in [0.29, 0.717) is 6.42 Å². The van der Waals surface area contributed by atoms with E-state index in [2.05, 4.69) is 0 Å². The summed E-state index contributed by atoms with van der Waals surface area (Å²) < 4.78 is 33.8. The van der Waals surface area contributed by atoms with Gasteiger partial charge in [0.2, 0.25) is 0 Å². The number of aliphatic hydroxyl groups excluding tert-OH is 1. The Kier molecular flexibility index (Phi) is 3.73. The molecule has 0 aromatic heterocycles. The first-order valence-electron chi connectivity index (χ1n) is 8.00. The number of methoxy groups -OCH3 is 1. The molecular formula is C15H24O7. The van der Waals surface area contributed by atoms with Crippen molar-refractivity contribution in [1.82, 2.24) is 0 Å². The third kappa shape index (κ3) is 2.69. The van der Waals surface area contributed by atoms with Gasteiger partial charge in [-0.05, 0) is 26.7 Å². The number of hydrogen-bond acceptors (Lipinski definition) is 7. The van der Waals surface area contributed by atoms with Crippen LogP contribution in [-0.2, 0) is 28.4 Å². The maximum Gasteiger partial charge on any atom is 0.187 e. The summed E-state index contributed by atoms with van der Waals surface area (Å²) in [6.45, 7) is 3.79. The van der Waals surface area contributed by atoms with Crippen LogP contribution in [0.2, 0.25) is 0 Å². The third-order valence-electron chi connectivity index (χ3n) is 4.82. The second-order valence-electron chi connectivity index (χ2n) is 6.95. The molecule has 1 N–H and O–H groups in total. The van der Waals surface area contributed by atoms with Crippen molar-refractivity contribution >= 4 is 0 Å². The first-order valence-corrected chi connectivity index (χ1v) is 8.00. The Morgan fingerprint density at radius 3 is 2.64 bits per heavy atom. The highest BCUT2D eigenvalue weighted by atomic mass is 16.8. The topological polar surface area (TPSA) is 78.9 Å². The number of hydrogen-bond donors (Lipinski definition) is 1. The SMILES string of the molecule is CO[C@@H]1O[C@H](CC[C@@H]2C[C@H]3OC(C)(C)O[C@H]3O2)[C@H](O)[C@@H]2O[C@H]12. The van der Waals surface area contributed by atoms with E-state index >= 15 is 0 Å². The Morgan fingerprint density at radius 2 is 1.91 bits per heavy atom. The molecule has 0 aromatic carbocycles. The molecule has 0 bridgehead atoms. The number of rotatable bonds is 4. The van der Waals surface area contributed by atoms with Gasteiger partial charge in [-0.1, -0.05) is 0 Å². The molecule has 0 radical (unpaired) electrons. The van der Waals surface area contributed by atoms with Crippen molar-refractivity contribution in [2.75, 3.05) is 7.11 Å². The zero-order chi connectivity index (χ0) is 15.5. The highest BCUT2D eigenvalue weighted by Crippen LogP contribution is 2.41. The fourth-order valence-corrected chi connectivity index (χ4v) is 3.72. The van der Waals surface area contributed by atoms with Crippen LogP contribution in [0.15, 0.2) is 0 Å². The summed E-state index contributed by atoms with van der Waals surface area (Å²) in [5.74, 6) is -0.563. The van der Waals surface area contributed by atoms with E-state index in [1.54, 1.807) is 7.11 Å². The van der Waals surface area contributed by atoms with E-state index in [0.717, 1.165) is 12.8 Å². The van der Waals surface area contributed by atoms with Crippen molar-refractivity contribution in [3.05, 3.63) is 0 Å². The molecule has 0 aromatic rings. The normalized spacial score (nSPS) is 52.4. The molecule has 0 saturated carbocycles. The number of ether oxygens (including phenoxy) is 6. The number of epoxide rings is 1. The lowest BCUT2D eigenvalue weighted by Crippen LogP contribution is -2.45. The summed E-state index contributed by atoms with van der Waals surface area (Å²) in [5.41, 5.74) is 0. The molecule has 0 aliphatic carbocycles. The zero-order valence-electron chi connectivity index (χ0n) is 13.1. The van der Waals surface area contributed by atoms with Crippen molar-refractivity contribution < 1.29 is 33.5 Å². The van der Waals surface area contributed by atoms with Gasteiger partial charge in [0.15, 0.2) is 18.4 Å². The van der Waals surface area contributed by atoms with E-state index in [-0.39, 0.29) is 43.1 Å². The minimum atomic E-state index is -0.594. The van der Waals surface area contributed by atoms with Gasteiger partial charge >= 0.3 is 0 Å². The van der Waals surface area contributed by atoms with Crippen molar-refractivity contribution in [1.29, 1.82) is 0 Å². The predicted molar refractivity (Wildman–Crippen MR) is 72.9 cm³/mol. The second-order valence-corrected chi connectivity index (χ2v) is 6.95. The van der Waals surface area contributed by atoms with Gasteiger partial charge in [0.1, 0.15) is 24.4 Å². The molecule has 4 saturated heterocycles. The highest BCUT2D eigenvalue weighted by Gasteiger charge is 2.57. The van der Waals surface area contributed by atoms with E-state index < -0.39 is 11.9 Å². The summed E-state index contributed by atoms with van der Waals surface area (Å²) in [5, 5.41) is 10.2. The molecule has 4 heterocycles. The Bertz CT molecular complexity index is 412. The lowest BCUT2D eigenvalue weighted by molar-refractivity contribution is -0.213. The van der Waals surface area contributed by atoms with Crippen LogP contribution >= 0.6 is 0 Å². The molecule has 0 amide bonds. The molecule has 7 nitrogen and oxygen atoms in total. The number of aliphatic hydroxyl groups is 1. The Labute approximate surface area is 129 Å². The quantitative estimate of drug-likeness (QED) is 0.758. The van der Waals surface area contributed by atoms with Crippen LogP contribution in [0.4, 0.5) is 0 Å². The monoisotopic (exact) mass is 316 g/mol. The van der Waals surface area contributed by atoms with Crippen LogP contribution in [0.5, 0.6) is 0 Å². The summed E-state index contributed by atoms with van der Waals surface area (Å²) >= 11 is 0. The van der Waals surface area contributed by atoms with Crippen LogP contribution in [0, 0.1) is 0 Å². The lowest BCUT2D eigenvalue weighted by Gasteiger charge is -2.30. The Hall–Kier alpha value is -0.280. The van der Waals surface area contributed by atoms with E-state index in [9.17, 15) is 5.11 Å². The maximum atomic E-state index is 10.2. The van der Waals surface area contributed by atoms with Crippen LogP contribution < -0.4 is 0 Å². The Balaban J connectivity index is 1.27. The molecule has 0 unspecified atom stereocenters. The average molecular weight is 316 g/mol. The van der Waals surface area contributed by atoms with Crippen molar-refractivity contribution in [3.8, 4) is 0 Å². The molecule has 4 aliphatic heterocycles. The highest BCUT2D eigenvalue weighted by molar-refractivity contribution is 5.01. The summed E-state index contributed by atoms with van der Waals surface area (Å²) in [6.07, 6.45) is 0.557. The molecule has 4 fully saturated rings. The van der Waals surface area contributed by atoms with Gasteiger partial charge in [0.05, 0.1) is 12.2 Å². The van der Waals surface area contributed by atoms with Gasteiger partial charge in [-0.15, -0.1) is 0 Å². The maximum absolute atomic E-state index is 10.2. The van der Waals surface area contributed by atoms with Crippen molar-refractivity contribution in [2.45, 2.75) is 88.1 Å². The first-order chi connectivity index (χ1) is 10.5. The van der Waals surface area contributed by atoms with Gasteiger partial charge in [-0.25, -0.2) is 0 Å². The van der Waals surface area contributed by atoms with E-state index in [1.165, 1.54) is 0 Å². The minimum Gasteiger partial charge on any atom is -0.388 e. The summed E-state index contributed by atoms with van der Waals surface area (Å²) in [4.78, 5) is 0. The second kappa shape index (κ2) is 5.37. The van der Waals surface area contributed by atoms with Crippen LogP contribution in [0.25, 0.3) is 0 Å². The molecule has 4 rings (SSSR count). The van der Waals surface area contributed by atoms with Crippen molar-refractivity contribution in [3.63, 3.8) is 0 Å². The van der Waals surface area contributed by atoms with Gasteiger partial charge in [-0.2, -0.15) is 0 Å². The van der Waals surface area contributed by atoms with Gasteiger partial charge in [0.25, 0.3) is 0 Å². The van der Waals surface area contributed by atoms with E-state index in [1.807, 2.05) is 13.8 Å². The third-order valence-corrected chi connectivity index (χ3v) is 4.82. The average Bonchev–Trinajstić information content (AvgIpc) is 3.10. The smallest absolute Gasteiger partial charge is 0.187 e. The van der Waals surface area contributed by atoms with Crippen LogP contribution in [-0.4, -0.2) is 67.2 Å². The summed E-state index contributed by atoms with van der Waals surface area (Å²) in [7, 11) is 1.59. The Morgan fingerprint density at radius 1 is 1.09 bits per heavy atom. The molecule has 126 valence electrons. The fourth-order valence-electron chi connectivity index (χ4n) is 3.72. The fraction of sp³-hybridized carbons (Fsp3) is 1.00. The number of fused-ring (bicyclic) bond motifs is 2. The molecule has 8 atom stereocenters.